The van der Waals surface area contributed by atoms with Crippen molar-refractivity contribution in [2.45, 2.75) is 0 Å². The minimum Gasteiger partial charge on any atom is -0.368 e. The van der Waals surface area contributed by atoms with Crippen LogP contribution in [-0.4, -0.2) is 37.0 Å². The molecular weight excluding hydrogens is 286 g/mol. The predicted molar refractivity (Wildman–Crippen MR) is 80.9 cm³/mol. The lowest BCUT2D eigenvalue weighted by atomic mass is 10.1. The van der Waals surface area contributed by atoms with E-state index in [1.165, 1.54) is 36.4 Å². The van der Waals surface area contributed by atoms with Gasteiger partial charge in [-0.05, 0) is 42.5 Å². The fraction of sp³-hybridized carbons (Fsp3) is 0.235. The first kappa shape index (κ1) is 14.5. The van der Waals surface area contributed by atoms with Crippen molar-refractivity contribution >= 4 is 11.6 Å². The van der Waals surface area contributed by atoms with Crippen LogP contribution in [0.3, 0.4) is 0 Å². The summed E-state index contributed by atoms with van der Waals surface area (Å²) in [6.07, 6.45) is 0. The Kier molecular flexibility index (Phi) is 4.04. The van der Waals surface area contributed by atoms with Crippen molar-refractivity contribution in [1.29, 1.82) is 0 Å². The van der Waals surface area contributed by atoms with Crippen molar-refractivity contribution in [1.82, 2.24) is 4.90 Å². The van der Waals surface area contributed by atoms with Gasteiger partial charge in [-0.25, -0.2) is 8.78 Å². The van der Waals surface area contributed by atoms with Crippen molar-refractivity contribution in [3.05, 3.63) is 65.7 Å². The topological polar surface area (TPSA) is 23.6 Å². The number of carbonyl (C=O) groups excluding carboxylic acids is 1. The average molecular weight is 302 g/mol. The Labute approximate surface area is 127 Å². The summed E-state index contributed by atoms with van der Waals surface area (Å²) in [6, 6.07) is 12.0. The molecule has 0 bridgehead atoms. The number of hydrogen-bond donors (Lipinski definition) is 0. The zero-order valence-electron chi connectivity index (χ0n) is 12.0. The van der Waals surface area contributed by atoms with E-state index in [1.807, 2.05) is 6.07 Å². The molecule has 1 heterocycles. The summed E-state index contributed by atoms with van der Waals surface area (Å²) in [5.41, 5.74) is 1.31. The predicted octanol–water partition coefficient (Wildman–Crippen LogP) is 2.93. The van der Waals surface area contributed by atoms with Gasteiger partial charge in [0, 0.05) is 37.4 Å². The van der Waals surface area contributed by atoms with Crippen molar-refractivity contribution in [2.75, 3.05) is 31.1 Å². The van der Waals surface area contributed by atoms with Crippen molar-refractivity contribution in [2.24, 2.45) is 0 Å². The van der Waals surface area contributed by atoms with Crippen LogP contribution in [0.2, 0.25) is 0 Å². The lowest BCUT2D eigenvalue weighted by molar-refractivity contribution is 0.0746. The molecule has 5 heteroatoms. The molecule has 0 aliphatic carbocycles. The van der Waals surface area contributed by atoms with Gasteiger partial charge in [0.1, 0.15) is 11.6 Å². The van der Waals surface area contributed by atoms with E-state index in [0.29, 0.717) is 31.7 Å². The van der Waals surface area contributed by atoms with E-state index >= 15 is 0 Å². The third-order valence-corrected chi connectivity index (χ3v) is 3.83. The van der Waals surface area contributed by atoms with E-state index < -0.39 is 0 Å². The average Bonchev–Trinajstić information content (AvgIpc) is 2.55. The molecule has 22 heavy (non-hydrogen) atoms. The molecule has 3 nitrogen and oxygen atoms in total. The molecule has 0 unspecified atom stereocenters. The van der Waals surface area contributed by atoms with Crippen LogP contribution in [0.5, 0.6) is 0 Å². The van der Waals surface area contributed by atoms with Gasteiger partial charge in [0.05, 0.1) is 0 Å². The molecule has 0 saturated carbocycles. The summed E-state index contributed by atoms with van der Waals surface area (Å²) in [5.74, 6) is -0.714. The number of hydrogen-bond acceptors (Lipinski definition) is 2. The summed E-state index contributed by atoms with van der Waals surface area (Å²) in [6.45, 7) is 2.42. The normalized spacial score (nSPS) is 15.0. The number of anilines is 1. The fourth-order valence-corrected chi connectivity index (χ4v) is 2.62. The molecule has 2 aromatic rings. The second-order valence-electron chi connectivity index (χ2n) is 5.27. The molecule has 1 aliphatic heterocycles. The third-order valence-electron chi connectivity index (χ3n) is 3.83. The number of halogens is 2. The van der Waals surface area contributed by atoms with Gasteiger partial charge in [0.2, 0.25) is 0 Å². The van der Waals surface area contributed by atoms with Gasteiger partial charge in [-0.1, -0.05) is 6.07 Å². The second kappa shape index (κ2) is 6.13. The highest BCUT2D eigenvalue weighted by atomic mass is 19.1. The number of rotatable bonds is 2. The smallest absolute Gasteiger partial charge is 0.253 e. The monoisotopic (exact) mass is 302 g/mol. The zero-order valence-corrected chi connectivity index (χ0v) is 12.0. The molecule has 1 saturated heterocycles. The summed E-state index contributed by atoms with van der Waals surface area (Å²) >= 11 is 0. The van der Waals surface area contributed by atoms with Gasteiger partial charge in [-0.15, -0.1) is 0 Å². The summed E-state index contributed by atoms with van der Waals surface area (Å²) in [5, 5.41) is 0. The highest BCUT2D eigenvalue weighted by Gasteiger charge is 2.22. The molecule has 1 amide bonds. The van der Waals surface area contributed by atoms with E-state index in [-0.39, 0.29) is 17.5 Å². The number of amides is 1. The van der Waals surface area contributed by atoms with Crippen LogP contribution in [0.1, 0.15) is 10.4 Å². The molecule has 2 aromatic carbocycles. The maximum atomic E-state index is 13.3. The molecule has 1 aliphatic rings. The van der Waals surface area contributed by atoms with Crippen LogP contribution >= 0.6 is 0 Å². The summed E-state index contributed by atoms with van der Waals surface area (Å²) in [4.78, 5) is 16.1. The van der Waals surface area contributed by atoms with Crippen molar-refractivity contribution in [3.8, 4) is 0 Å². The van der Waals surface area contributed by atoms with Gasteiger partial charge in [0.25, 0.3) is 5.91 Å². The van der Waals surface area contributed by atoms with Gasteiger partial charge < -0.3 is 9.80 Å². The van der Waals surface area contributed by atoms with E-state index in [0.717, 1.165) is 5.69 Å². The van der Waals surface area contributed by atoms with Gasteiger partial charge in [0.15, 0.2) is 0 Å². The van der Waals surface area contributed by atoms with Crippen LogP contribution in [0.4, 0.5) is 14.5 Å². The van der Waals surface area contributed by atoms with Crippen molar-refractivity contribution < 1.29 is 13.6 Å². The Hall–Kier alpha value is -2.43. The molecule has 1 fully saturated rings. The lowest BCUT2D eigenvalue weighted by Gasteiger charge is -2.36. The molecule has 114 valence electrons. The van der Waals surface area contributed by atoms with Gasteiger partial charge in [-0.2, -0.15) is 0 Å². The molecule has 0 atom stereocenters. The quantitative estimate of drug-likeness (QED) is 0.851. The standard InChI is InChI=1S/C17H16F2N2O/c18-14-6-4-13(5-7-14)17(22)21-10-8-20(9-11-21)16-3-1-2-15(19)12-16/h1-7,12H,8-11H2. The molecule has 3 rings (SSSR count). The molecule has 0 N–H and O–H groups in total. The largest absolute Gasteiger partial charge is 0.368 e. The number of carbonyl (C=O) groups is 1. The third kappa shape index (κ3) is 3.08. The first-order chi connectivity index (χ1) is 10.6. The maximum Gasteiger partial charge on any atom is 0.253 e. The molecular formula is C17H16F2N2O. The van der Waals surface area contributed by atoms with Crippen LogP contribution in [0.15, 0.2) is 48.5 Å². The number of nitrogens with zero attached hydrogens (tertiary/aromatic N) is 2. The van der Waals surface area contributed by atoms with Crippen LogP contribution in [0.25, 0.3) is 0 Å². The highest BCUT2D eigenvalue weighted by Crippen LogP contribution is 2.18. The lowest BCUT2D eigenvalue weighted by Crippen LogP contribution is -2.48. The van der Waals surface area contributed by atoms with Gasteiger partial charge >= 0.3 is 0 Å². The van der Waals surface area contributed by atoms with E-state index in [1.54, 1.807) is 11.0 Å². The Bertz CT molecular complexity index is 665. The Balaban J connectivity index is 1.64. The first-order valence-corrected chi connectivity index (χ1v) is 7.19. The zero-order chi connectivity index (χ0) is 15.5. The number of piperazine rings is 1. The highest BCUT2D eigenvalue weighted by molar-refractivity contribution is 5.94. The minimum absolute atomic E-state index is 0.0982. The van der Waals surface area contributed by atoms with Crippen molar-refractivity contribution in [3.63, 3.8) is 0 Å². The van der Waals surface area contributed by atoms with Crippen LogP contribution in [0, 0.1) is 11.6 Å². The summed E-state index contributed by atoms with van der Waals surface area (Å²) < 4.78 is 26.2. The van der Waals surface area contributed by atoms with E-state index in [9.17, 15) is 13.6 Å². The Morgan fingerprint density at radius 3 is 2.18 bits per heavy atom. The minimum atomic E-state index is -0.354. The molecule has 0 spiro atoms. The van der Waals surface area contributed by atoms with Gasteiger partial charge in [-0.3, -0.25) is 4.79 Å². The summed E-state index contributed by atoms with van der Waals surface area (Å²) in [7, 11) is 0. The van der Waals surface area contributed by atoms with E-state index in [4.69, 9.17) is 0 Å². The van der Waals surface area contributed by atoms with E-state index in [2.05, 4.69) is 4.90 Å². The molecule has 0 radical (unpaired) electrons. The first-order valence-electron chi connectivity index (χ1n) is 7.19. The SMILES string of the molecule is O=C(c1ccc(F)cc1)N1CCN(c2cccc(F)c2)CC1. The van der Waals surface area contributed by atoms with Crippen LogP contribution < -0.4 is 4.90 Å². The Morgan fingerprint density at radius 1 is 0.864 bits per heavy atom. The second-order valence-corrected chi connectivity index (χ2v) is 5.27. The molecule has 0 aromatic heterocycles. The Morgan fingerprint density at radius 2 is 1.55 bits per heavy atom. The van der Waals surface area contributed by atoms with Crippen LogP contribution in [-0.2, 0) is 0 Å². The number of benzene rings is 2. The maximum absolute atomic E-state index is 13.3. The fourth-order valence-electron chi connectivity index (χ4n) is 2.62.